The van der Waals surface area contributed by atoms with Crippen LogP contribution in [0, 0.1) is 5.41 Å². The van der Waals surface area contributed by atoms with Crippen molar-refractivity contribution >= 4 is 29.9 Å². The highest BCUT2D eigenvalue weighted by Gasteiger charge is 2.42. The zero-order valence-corrected chi connectivity index (χ0v) is 18.6. The van der Waals surface area contributed by atoms with Crippen LogP contribution in [0.15, 0.2) is 35.3 Å². The lowest BCUT2D eigenvalue weighted by Crippen LogP contribution is -2.41. The number of guanidine groups is 1. The third-order valence-corrected chi connectivity index (χ3v) is 4.85. The van der Waals surface area contributed by atoms with Crippen LogP contribution >= 0.6 is 24.0 Å². The molecule has 0 aromatic heterocycles. The fraction of sp³-hybridized carbons (Fsp3) is 0.650. The van der Waals surface area contributed by atoms with Gasteiger partial charge in [-0.3, -0.25) is 0 Å². The van der Waals surface area contributed by atoms with Crippen LogP contribution in [0.25, 0.3) is 0 Å². The summed E-state index contributed by atoms with van der Waals surface area (Å²) in [7, 11) is 0. The third-order valence-electron chi connectivity index (χ3n) is 4.85. The Bertz CT molecular complexity index is 545. The molecule has 1 fully saturated rings. The zero-order chi connectivity index (χ0) is 18.2. The van der Waals surface area contributed by atoms with E-state index in [2.05, 4.69) is 22.5 Å². The van der Waals surface area contributed by atoms with Crippen molar-refractivity contribution in [3.05, 3.63) is 35.9 Å². The van der Waals surface area contributed by atoms with Gasteiger partial charge >= 0.3 is 0 Å². The zero-order valence-electron chi connectivity index (χ0n) is 16.3. The monoisotopic (exact) mass is 475 g/mol. The first-order valence-electron chi connectivity index (χ1n) is 9.39. The fourth-order valence-corrected chi connectivity index (χ4v) is 2.86. The standard InChI is InChI=1S/C20H33N3O2.HI/c1-4-21-18(23-16-20(11-12-20)13-14-25-5-2)22-15-19(3,24)17-9-7-6-8-10-17;/h6-10,24H,4-5,11-16H2,1-3H3,(H2,21,22,23);1H. The summed E-state index contributed by atoms with van der Waals surface area (Å²) in [6.45, 7) is 9.51. The van der Waals surface area contributed by atoms with Gasteiger partial charge in [0.05, 0.1) is 6.54 Å². The van der Waals surface area contributed by atoms with Crippen molar-refractivity contribution < 1.29 is 9.84 Å². The second-order valence-corrected chi connectivity index (χ2v) is 7.14. The van der Waals surface area contributed by atoms with Gasteiger partial charge < -0.3 is 20.5 Å². The number of halogens is 1. The van der Waals surface area contributed by atoms with Crippen LogP contribution in [-0.4, -0.2) is 43.9 Å². The van der Waals surface area contributed by atoms with Crippen LogP contribution < -0.4 is 10.6 Å². The predicted octanol–water partition coefficient (Wildman–Crippen LogP) is 3.27. The van der Waals surface area contributed by atoms with Crippen molar-refractivity contribution in [3.8, 4) is 0 Å². The van der Waals surface area contributed by atoms with Crippen molar-refractivity contribution in [2.24, 2.45) is 10.4 Å². The van der Waals surface area contributed by atoms with Gasteiger partial charge in [-0.05, 0) is 51.0 Å². The number of benzene rings is 1. The number of aliphatic imine (C=N–C) groups is 1. The summed E-state index contributed by atoms with van der Waals surface area (Å²) in [5.41, 5.74) is 0.258. The molecule has 1 unspecified atom stereocenters. The summed E-state index contributed by atoms with van der Waals surface area (Å²) in [6, 6.07) is 9.69. The van der Waals surface area contributed by atoms with Crippen LogP contribution in [0.1, 0.15) is 45.6 Å². The minimum atomic E-state index is -0.976. The maximum atomic E-state index is 10.7. The maximum absolute atomic E-state index is 10.7. The van der Waals surface area contributed by atoms with Gasteiger partial charge in [-0.15, -0.1) is 24.0 Å². The van der Waals surface area contributed by atoms with Gasteiger partial charge in [0.15, 0.2) is 5.96 Å². The Hall–Kier alpha value is -0.860. The highest BCUT2D eigenvalue weighted by Crippen LogP contribution is 2.48. The van der Waals surface area contributed by atoms with Gasteiger partial charge in [0.1, 0.15) is 5.60 Å². The topological polar surface area (TPSA) is 65.9 Å². The van der Waals surface area contributed by atoms with E-state index in [-0.39, 0.29) is 24.0 Å². The Morgan fingerprint density at radius 2 is 1.92 bits per heavy atom. The maximum Gasteiger partial charge on any atom is 0.191 e. The van der Waals surface area contributed by atoms with E-state index in [1.54, 1.807) is 6.92 Å². The second kappa shape index (κ2) is 11.1. The summed E-state index contributed by atoms with van der Waals surface area (Å²) in [5.74, 6) is 0.765. The quantitative estimate of drug-likeness (QED) is 0.210. The molecule has 0 amide bonds. The number of nitrogens with zero attached hydrogens (tertiary/aromatic N) is 1. The molecule has 1 aliphatic carbocycles. The SMILES string of the molecule is CCNC(=NCC(C)(O)c1ccccc1)NCC1(CCOCC)CC1.I. The van der Waals surface area contributed by atoms with E-state index < -0.39 is 5.60 Å². The minimum Gasteiger partial charge on any atom is -0.384 e. The molecule has 148 valence electrons. The average Bonchev–Trinajstić information content (AvgIpc) is 3.39. The molecule has 0 spiro atoms. The van der Waals surface area contributed by atoms with Gasteiger partial charge in [-0.1, -0.05) is 30.3 Å². The average molecular weight is 475 g/mol. The third kappa shape index (κ3) is 7.40. The number of rotatable bonds is 10. The fourth-order valence-electron chi connectivity index (χ4n) is 2.86. The molecule has 1 saturated carbocycles. The van der Waals surface area contributed by atoms with Crippen molar-refractivity contribution in [3.63, 3.8) is 0 Å². The van der Waals surface area contributed by atoms with Crippen LogP contribution in [-0.2, 0) is 10.3 Å². The van der Waals surface area contributed by atoms with Gasteiger partial charge in [0.2, 0.25) is 0 Å². The number of aliphatic hydroxyl groups is 1. The Morgan fingerprint density at radius 1 is 1.23 bits per heavy atom. The summed E-state index contributed by atoms with van der Waals surface area (Å²) in [5, 5.41) is 17.4. The summed E-state index contributed by atoms with van der Waals surface area (Å²) in [4.78, 5) is 4.60. The molecular formula is C20H34IN3O2. The minimum absolute atomic E-state index is 0. The lowest BCUT2D eigenvalue weighted by Gasteiger charge is -2.23. The van der Waals surface area contributed by atoms with Crippen LogP contribution in [0.4, 0.5) is 0 Å². The van der Waals surface area contributed by atoms with E-state index in [0.29, 0.717) is 12.0 Å². The molecule has 26 heavy (non-hydrogen) atoms. The second-order valence-electron chi connectivity index (χ2n) is 7.14. The first-order valence-corrected chi connectivity index (χ1v) is 9.39. The molecule has 1 aliphatic rings. The Morgan fingerprint density at radius 3 is 2.50 bits per heavy atom. The Balaban J connectivity index is 0.00000338. The van der Waals surface area contributed by atoms with Crippen LogP contribution in [0.5, 0.6) is 0 Å². The Kier molecular flexibility index (Phi) is 9.89. The first-order chi connectivity index (χ1) is 12.0. The van der Waals surface area contributed by atoms with Crippen LogP contribution in [0.2, 0.25) is 0 Å². The Labute approximate surface area is 175 Å². The molecule has 2 rings (SSSR count). The number of hydrogen-bond acceptors (Lipinski definition) is 3. The van der Waals surface area contributed by atoms with Gasteiger partial charge in [0, 0.05) is 26.3 Å². The largest absolute Gasteiger partial charge is 0.384 e. The summed E-state index contributed by atoms with van der Waals surface area (Å²) >= 11 is 0. The van der Waals surface area contributed by atoms with Crippen molar-refractivity contribution in [1.29, 1.82) is 0 Å². The molecule has 5 nitrogen and oxygen atoms in total. The smallest absolute Gasteiger partial charge is 0.191 e. The van der Waals surface area contributed by atoms with Crippen molar-refractivity contribution in [2.45, 2.75) is 45.6 Å². The van der Waals surface area contributed by atoms with E-state index in [1.807, 2.05) is 37.3 Å². The van der Waals surface area contributed by atoms with Gasteiger partial charge in [-0.2, -0.15) is 0 Å². The number of hydrogen-bond donors (Lipinski definition) is 3. The molecule has 0 heterocycles. The van der Waals surface area contributed by atoms with E-state index in [1.165, 1.54) is 12.8 Å². The molecule has 6 heteroatoms. The van der Waals surface area contributed by atoms with Crippen molar-refractivity contribution in [1.82, 2.24) is 10.6 Å². The molecule has 0 saturated heterocycles. The van der Waals surface area contributed by atoms with Gasteiger partial charge in [0.25, 0.3) is 0 Å². The lowest BCUT2D eigenvalue weighted by atomic mass is 9.96. The van der Waals surface area contributed by atoms with E-state index in [4.69, 9.17) is 4.74 Å². The molecule has 1 aromatic rings. The van der Waals surface area contributed by atoms with E-state index in [0.717, 1.165) is 44.2 Å². The van der Waals surface area contributed by atoms with E-state index >= 15 is 0 Å². The highest BCUT2D eigenvalue weighted by molar-refractivity contribution is 14.0. The number of nitrogens with one attached hydrogen (secondary N) is 2. The number of ether oxygens (including phenoxy) is 1. The lowest BCUT2D eigenvalue weighted by molar-refractivity contribution is 0.0672. The highest BCUT2D eigenvalue weighted by atomic mass is 127. The van der Waals surface area contributed by atoms with Crippen molar-refractivity contribution in [2.75, 3.05) is 32.8 Å². The van der Waals surface area contributed by atoms with E-state index in [9.17, 15) is 5.11 Å². The molecule has 3 N–H and O–H groups in total. The molecule has 0 aliphatic heterocycles. The summed E-state index contributed by atoms with van der Waals surface area (Å²) < 4.78 is 5.50. The van der Waals surface area contributed by atoms with Crippen LogP contribution in [0.3, 0.4) is 0 Å². The first kappa shape index (κ1) is 23.2. The van der Waals surface area contributed by atoms with Gasteiger partial charge in [-0.25, -0.2) is 4.99 Å². The predicted molar refractivity (Wildman–Crippen MR) is 118 cm³/mol. The normalized spacial score (nSPS) is 17.8. The molecular weight excluding hydrogens is 441 g/mol. The molecule has 0 bridgehead atoms. The summed E-state index contributed by atoms with van der Waals surface area (Å²) in [6.07, 6.45) is 3.58. The molecule has 1 aromatic carbocycles. The molecule has 0 radical (unpaired) electrons. The molecule has 1 atom stereocenters.